The molecule has 1 unspecified atom stereocenters. The zero-order valence-corrected chi connectivity index (χ0v) is 14.1. The van der Waals surface area contributed by atoms with Crippen LogP contribution in [0, 0.1) is 5.82 Å². The highest BCUT2D eigenvalue weighted by atomic mass is 19.1. The molecule has 0 bridgehead atoms. The lowest BCUT2D eigenvalue weighted by atomic mass is 10.1. The Hall–Kier alpha value is -3.22. The van der Waals surface area contributed by atoms with Crippen molar-refractivity contribution in [2.75, 3.05) is 18.6 Å². The summed E-state index contributed by atoms with van der Waals surface area (Å²) in [6.07, 6.45) is 0.280. The summed E-state index contributed by atoms with van der Waals surface area (Å²) in [7, 11) is 1.58. The van der Waals surface area contributed by atoms with Gasteiger partial charge in [0.15, 0.2) is 0 Å². The Labute approximate surface area is 149 Å². The lowest BCUT2D eigenvalue weighted by molar-refractivity contribution is -0.117. The maximum atomic E-state index is 13.4. The van der Waals surface area contributed by atoms with Gasteiger partial charge in [-0.3, -0.25) is 4.79 Å². The van der Waals surface area contributed by atoms with Gasteiger partial charge in [-0.25, -0.2) is 4.39 Å². The highest BCUT2D eigenvalue weighted by Gasteiger charge is 2.35. The summed E-state index contributed by atoms with van der Waals surface area (Å²) in [5, 5.41) is 3.92. The second kappa shape index (κ2) is 6.59. The summed E-state index contributed by atoms with van der Waals surface area (Å²) in [6.45, 7) is 0.441. The summed E-state index contributed by atoms with van der Waals surface area (Å²) in [4.78, 5) is 18.5. The van der Waals surface area contributed by atoms with Gasteiger partial charge in [0.25, 0.3) is 0 Å². The molecular weight excluding hydrogens is 337 g/mol. The minimum atomic E-state index is -0.367. The molecule has 4 rings (SSSR count). The van der Waals surface area contributed by atoms with Crippen LogP contribution >= 0.6 is 0 Å². The second-order valence-corrected chi connectivity index (χ2v) is 6.07. The third-order valence-electron chi connectivity index (χ3n) is 4.36. The van der Waals surface area contributed by atoms with Gasteiger partial charge in [0, 0.05) is 30.3 Å². The summed E-state index contributed by atoms with van der Waals surface area (Å²) >= 11 is 0. The standard InChI is InChI=1S/C19H16FN3O3/c1-25-16-7-3-6-15(10-16)23-11-13(9-17(23)24)19-21-18(22-26-19)12-4-2-5-14(20)8-12/h2-8,10,13H,9,11H2,1H3. The molecule has 1 amide bonds. The van der Waals surface area contributed by atoms with Crippen LogP contribution in [0.1, 0.15) is 18.2 Å². The predicted molar refractivity (Wildman–Crippen MR) is 92.4 cm³/mol. The topological polar surface area (TPSA) is 68.5 Å². The molecule has 2 heterocycles. The molecule has 1 atom stereocenters. The number of rotatable bonds is 4. The van der Waals surface area contributed by atoms with E-state index in [9.17, 15) is 9.18 Å². The number of ether oxygens (including phenoxy) is 1. The number of hydrogen-bond acceptors (Lipinski definition) is 5. The van der Waals surface area contributed by atoms with Crippen molar-refractivity contribution < 1.29 is 18.4 Å². The van der Waals surface area contributed by atoms with E-state index in [4.69, 9.17) is 9.26 Å². The molecule has 2 aromatic carbocycles. The fraction of sp³-hybridized carbons (Fsp3) is 0.211. The van der Waals surface area contributed by atoms with Crippen molar-refractivity contribution in [2.24, 2.45) is 0 Å². The molecule has 1 aliphatic rings. The molecule has 6 nitrogen and oxygen atoms in total. The highest BCUT2D eigenvalue weighted by molar-refractivity contribution is 5.96. The monoisotopic (exact) mass is 353 g/mol. The average molecular weight is 353 g/mol. The Morgan fingerprint density at radius 2 is 2.08 bits per heavy atom. The molecule has 1 aromatic heterocycles. The Kier molecular flexibility index (Phi) is 4.12. The van der Waals surface area contributed by atoms with Crippen LogP contribution in [0.5, 0.6) is 5.75 Å². The Morgan fingerprint density at radius 3 is 2.88 bits per heavy atom. The normalized spacial score (nSPS) is 16.9. The number of hydrogen-bond donors (Lipinski definition) is 0. The molecule has 132 valence electrons. The van der Waals surface area contributed by atoms with E-state index >= 15 is 0 Å². The van der Waals surface area contributed by atoms with E-state index in [2.05, 4.69) is 10.1 Å². The number of methoxy groups -OCH3 is 1. The Morgan fingerprint density at radius 1 is 1.23 bits per heavy atom. The largest absolute Gasteiger partial charge is 0.497 e. The number of aromatic nitrogens is 2. The molecule has 1 fully saturated rings. The van der Waals surface area contributed by atoms with Gasteiger partial charge in [-0.2, -0.15) is 4.98 Å². The lowest BCUT2D eigenvalue weighted by Gasteiger charge is -2.16. The highest BCUT2D eigenvalue weighted by Crippen LogP contribution is 2.33. The van der Waals surface area contributed by atoms with E-state index < -0.39 is 0 Å². The second-order valence-electron chi connectivity index (χ2n) is 6.07. The molecule has 0 N–H and O–H groups in total. The van der Waals surface area contributed by atoms with Crippen LogP contribution in [0.25, 0.3) is 11.4 Å². The maximum absolute atomic E-state index is 13.4. The lowest BCUT2D eigenvalue weighted by Crippen LogP contribution is -2.24. The predicted octanol–water partition coefficient (Wildman–Crippen LogP) is 3.40. The van der Waals surface area contributed by atoms with E-state index in [0.717, 1.165) is 5.69 Å². The quantitative estimate of drug-likeness (QED) is 0.719. The SMILES string of the molecule is COc1cccc(N2CC(c3nc(-c4cccc(F)c4)no3)CC2=O)c1. The summed E-state index contributed by atoms with van der Waals surface area (Å²) in [5.41, 5.74) is 1.30. The van der Waals surface area contributed by atoms with E-state index in [1.807, 2.05) is 24.3 Å². The van der Waals surface area contributed by atoms with Gasteiger partial charge in [-0.1, -0.05) is 23.4 Å². The first-order chi connectivity index (χ1) is 12.6. The summed E-state index contributed by atoms with van der Waals surface area (Å²) < 4.78 is 23.9. The van der Waals surface area contributed by atoms with Crippen LogP contribution in [0.4, 0.5) is 10.1 Å². The number of benzene rings is 2. The molecular formula is C19H16FN3O3. The van der Waals surface area contributed by atoms with Crippen molar-refractivity contribution in [3.63, 3.8) is 0 Å². The van der Waals surface area contributed by atoms with Crippen molar-refractivity contribution in [1.29, 1.82) is 0 Å². The smallest absolute Gasteiger partial charge is 0.232 e. The minimum absolute atomic E-state index is 0.0197. The van der Waals surface area contributed by atoms with Crippen molar-refractivity contribution >= 4 is 11.6 Å². The molecule has 1 aliphatic heterocycles. The Bertz CT molecular complexity index is 956. The zero-order valence-electron chi connectivity index (χ0n) is 14.1. The van der Waals surface area contributed by atoms with Gasteiger partial charge < -0.3 is 14.2 Å². The van der Waals surface area contributed by atoms with Crippen LogP contribution < -0.4 is 9.64 Å². The van der Waals surface area contributed by atoms with E-state index in [1.54, 1.807) is 24.1 Å². The first-order valence-electron chi connectivity index (χ1n) is 8.18. The van der Waals surface area contributed by atoms with Gasteiger partial charge in [0.05, 0.1) is 13.0 Å². The van der Waals surface area contributed by atoms with Gasteiger partial charge in [0.1, 0.15) is 11.6 Å². The van der Waals surface area contributed by atoms with Gasteiger partial charge >= 0.3 is 0 Å². The molecule has 0 radical (unpaired) electrons. The zero-order chi connectivity index (χ0) is 18.1. The molecule has 0 spiro atoms. The van der Waals surface area contributed by atoms with Crippen molar-refractivity contribution in [3.05, 3.63) is 60.2 Å². The van der Waals surface area contributed by atoms with Gasteiger partial charge in [0.2, 0.25) is 17.6 Å². The summed E-state index contributed by atoms with van der Waals surface area (Å²) in [5.74, 6) is 0.783. The van der Waals surface area contributed by atoms with E-state index in [1.165, 1.54) is 12.1 Å². The van der Waals surface area contributed by atoms with E-state index in [0.29, 0.717) is 29.6 Å². The van der Waals surface area contributed by atoms with Gasteiger partial charge in [-0.05, 0) is 24.3 Å². The first kappa shape index (κ1) is 16.3. The van der Waals surface area contributed by atoms with E-state index in [-0.39, 0.29) is 24.1 Å². The van der Waals surface area contributed by atoms with Crippen molar-refractivity contribution in [2.45, 2.75) is 12.3 Å². The Balaban J connectivity index is 1.56. The molecule has 7 heteroatoms. The third-order valence-corrected chi connectivity index (χ3v) is 4.36. The van der Waals surface area contributed by atoms with Crippen LogP contribution in [0.15, 0.2) is 53.1 Å². The summed E-state index contributed by atoms with van der Waals surface area (Å²) in [6, 6.07) is 13.3. The molecule has 26 heavy (non-hydrogen) atoms. The van der Waals surface area contributed by atoms with Crippen molar-refractivity contribution in [3.8, 4) is 17.1 Å². The number of amides is 1. The average Bonchev–Trinajstić information content (AvgIpc) is 3.28. The first-order valence-corrected chi connectivity index (χ1v) is 8.18. The molecule has 0 aliphatic carbocycles. The van der Waals surface area contributed by atoms with Crippen LogP contribution in [-0.2, 0) is 4.79 Å². The molecule has 1 saturated heterocycles. The third kappa shape index (κ3) is 3.03. The van der Waals surface area contributed by atoms with Crippen molar-refractivity contribution in [1.82, 2.24) is 10.1 Å². The number of carbonyl (C=O) groups is 1. The number of anilines is 1. The van der Waals surface area contributed by atoms with Gasteiger partial charge in [-0.15, -0.1) is 0 Å². The van der Waals surface area contributed by atoms with Crippen LogP contribution in [0.2, 0.25) is 0 Å². The molecule has 0 saturated carbocycles. The minimum Gasteiger partial charge on any atom is -0.497 e. The van der Waals surface area contributed by atoms with Crippen LogP contribution in [-0.4, -0.2) is 29.7 Å². The fourth-order valence-corrected chi connectivity index (χ4v) is 3.05. The van der Waals surface area contributed by atoms with Crippen LogP contribution in [0.3, 0.4) is 0 Å². The number of nitrogens with zero attached hydrogens (tertiary/aromatic N) is 3. The fourth-order valence-electron chi connectivity index (χ4n) is 3.05. The molecule has 3 aromatic rings. The maximum Gasteiger partial charge on any atom is 0.232 e. The number of halogens is 1. The number of carbonyl (C=O) groups excluding carboxylic acids is 1.